The number of rotatable bonds is 8. The lowest BCUT2D eigenvalue weighted by Gasteiger charge is -2.12. The Bertz CT molecular complexity index is 927. The molecule has 0 amide bonds. The molecule has 0 saturated carbocycles. The fourth-order valence-corrected chi connectivity index (χ4v) is 3.12. The standard InChI is InChI=1S/C17H18N4O5S/c1-21-6-5-18-17(21)27-9-11(22)16-20-19-15(26-16)10-7-12(23-2)14(25-4)13(8-10)24-3/h5-8H,9H2,1-4H3. The molecule has 9 nitrogen and oxygen atoms in total. The van der Waals surface area contributed by atoms with Crippen LogP contribution in [0.15, 0.2) is 34.1 Å². The number of ketones is 1. The first-order chi connectivity index (χ1) is 13.1. The van der Waals surface area contributed by atoms with Gasteiger partial charge in [-0.15, -0.1) is 10.2 Å². The molecule has 0 unspecified atom stereocenters. The normalized spacial score (nSPS) is 10.7. The largest absolute Gasteiger partial charge is 0.493 e. The number of hydrogen-bond donors (Lipinski definition) is 0. The van der Waals surface area contributed by atoms with Crippen LogP contribution in [0.1, 0.15) is 10.7 Å². The molecule has 0 saturated heterocycles. The highest BCUT2D eigenvalue weighted by Crippen LogP contribution is 2.40. The lowest BCUT2D eigenvalue weighted by molar-refractivity contribution is 0.0986. The van der Waals surface area contributed by atoms with E-state index in [4.69, 9.17) is 18.6 Å². The summed E-state index contributed by atoms with van der Waals surface area (Å²) >= 11 is 1.30. The van der Waals surface area contributed by atoms with Crippen molar-refractivity contribution in [1.29, 1.82) is 0 Å². The average molecular weight is 390 g/mol. The van der Waals surface area contributed by atoms with Crippen molar-refractivity contribution in [3.63, 3.8) is 0 Å². The number of carbonyl (C=O) groups excluding carboxylic acids is 1. The van der Waals surface area contributed by atoms with E-state index >= 15 is 0 Å². The number of thioether (sulfide) groups is 1. The number of benzene rings is 1. The number of Topliss-reactive ketones (excluding diaryl/α,β-unsaturated/α-hetero) is 1. The Hall–Kier alpha value is -3.01. The van der Waals surface area contributed by atoms with Crippen LogP contribution < -0.4 is 14.2 Å². The van der Waals surface area contributed by atoms with Crippen molar-refractivity contribution < 1.29 is 23.4 Å². The Morgan fingerprint density at radius 2 is 1.85 bits per heavy atom. The van der Waals surface area contributed by atoms with E-state index in [2.05, 4.69) is 15.2 Å². The minimum Gasteiger partial charge on any atom is -0.493 e. The molecule has 2 heterocycles. The zero-order valence-electron chi connectivity index (χ0n) is 15.3. The number of hydrogen-bond acceptors (Lipinski definition) is 9. The van der Waals surface area contributed by atoms with Gasteiger partial charge in [0.15, 0.2) is 16.7 Å². The van der Waals surface area contributed by atoms with Crippen LogP contribution in [0.2, 0.25) is 0 Å². The number of aryl methyl sites for hydroxylation is 1. The van der Waals surface area contributed by atoms with E-state index in [0.29, 0.717) is 22.8 Å². The third-order valence-corrected chi connectivity index (χ3v) is 4.74. The first kappa shape index (κ1) is 18.8. The van der Waals surface area contributed by atoms with E-state index in [0.717, 1.165) is 5.16 Å². The van der Waals surface area contributed by atoms with Crippen molar-refractivity contribution >= 4 is 17.5 Å². The molecule has 0 radical (unpaired) electrons. The number of carbonyl (C=O) groups is 1. The van der Waals surface area contributed by atoms with Gasteiger partial charge in [0, 0.05) is 25.0 Å². The number of imidazole rings is 1. The summed E-state index contributed by atoms with van der Waals surface area (Å²) in [5, 5.41) is 8.54. The highest BCUT2D eigenvalue weighted by molar-refractivity contribution is 7.99. The maximum absolute atomic E-state index is 12.3. The van der Waals surface area contributed by atoms with Crippen LogP contribution in [0, 0.1) is 0 Å². The number of ether oxygens (including phenoxy) is 3. The van der Waals surface area contributed by atoms with E-state index in [-0.39, 0.29) is 23.3 Å². The summed E-state index contributed by atoms with van der Waals surface area (Å²) in [6.45, 7) is 0. The predicted octanol–water partition coefficient (Wildman–Crippen LogP) is 2.47. The van der Waals surface area contributed by atoms with Gasteiger partial charge in [0.1, 0.15) is 0 Å². The zero-order chi connectivity index (χ0) is 19.4. The van der Waals surface area contributed by atoms with Crippen LogP contribution in [0.3, 0.4) is 0 Å². The molecule has 0 aliphatic heterocycles. The van der Waals surface area contributed by atoms with Crippen molar-refractivity contribution in [2.24, 2.45) is 7.05 Å². The molecule has 0 fully saturated rings. The highest BCUT2D eigenvalue weighted by Gasteiger charge is 2.20. The molecule has 0 spiro atoms. The Kier molecular flexibility index (Phi) is 5.65. The second-order valence-corrected chi connectivity index (χ2v) is 6.30. The van der Waals surface area contributed by atoms with Gasteiger partial charge in [0.25, 0.3) is 5.89 Å². The molecule has 0 atom stereocenters. The van der Waals surface area contributed by atoms with Crippen LogP contribution in [0.4, 0.5) is 0 Å². The lowest BCUT2D eigenvalue weighted by atomic mass is 10.2. The third-order valence-electron chi connectivity index (χ3n) is 3.68. The van der Waals surface area contributed by atoms with Gasteiger partial charge in [-0.1, -0.05) is 11.8 Å². The zero-order valence-corrected chi connectivity index (χ0v) is 16.1. The van der Waals surface area contributed by atoms with E-state index in [1.807, 2.05) is 17.8 Å². The summed E-state index contributed by atoms with van der Waals surface area (Å²) in [5.74, 6) is 1.31. The van der Waals surface area contributed by atoms with E-state index in [9.17, 15) is 4.79 Å². The van der Waals surface area contributed by atoms with Crippen molar-refractivity contribution in [2.45, 2.75) is 5.16 Å². The molecule has 27 heavy (non-hydrogen) atoms. The fourth-order valence-electron chi connectivity index (χ4n) is 2.34. The fraction of sp³-hybridized carbons (Fsp3) is 0.294. The molecule has 0 aliphatic carbocycles. The van der Waals surface area contributed by atoms with Crippen LogP contribution >= 0.6 is 11.8 Å². The molecular formula is C17H18N4O5S. The first-order valence-electron chi connectivity index (χ1n) is 7.84. The van der Waals surface area contributed by atoms with Crippen LogP contribution in [-0.2, 0) is 7.05 Å². The van der Waals surface area contributed by atoms with Gasteiger partial charge in [-0.3, -0.25) is 4.79 Å². The summed E-state index contributed by atoms with van der Waals surface area (Å²) in [6.07, 6.45) is 3.48. The van der Waals surface area contributed by atoms with Gasteiger partial charge in [-0.05, 0) is 12.1 Å². The number of aromatic nitrogens is 4. The molecule has 3 aromatic rings. The van der Waals surface area contributed by atoms with Gasteiger partial charge in [-0.25, -0.2) is 4.98 Å². The highest BCUT2D eigenvalue weighted by atomic mass is 32.2. The van der Waals surface area contributed by atoms with Gasteiger partial charge < -0.3 is 23.2 Å². The quantitative estimate of drug-likeness (QED) is 0.424. The first-order valence-corrected chi connectivity index (χ1v) is 8.83. The van der Waals surface area contributed by atoms with E-state index in [1.54, 1.807) is 18.3 Å². The lowest BCUT2D eigenvalue weighted by Crippen LogP contribution is -2.04. The smallest absolute Gasteiger partial charge is 0.285 e. The molecule has 3 rings (SSSR count). The summed E-state index contributed by atoms with van der Waals surface area (Å²) in [4.78, 5) is 16.5. The summed E-state index contributed by atoms with van der Waals surface area (Å²) in [7, 11) is 6.40. The molecular weight excluding hydrogens is 372 g/mol. The van der Waals surface area contributed by atoms with Gasteiger partial charge in [0.05, 0.1) is 27.1 Å². The maximum atomic E-state index is 12.3. The predicted molar refractivity (Wildman–Crippen MR) is 97.7 cm³/mol. The monoisotopic (exact) mass is 390 g/mol. The molecule has 2 aromatic heterocycles. The van der Waals surface area contributed by atoms with Crippen molar-refractivity contribution in [2.75, 3.05) is 27.1 Å². The van der Waals surface area contributed by atoms with E-state index < -0.39 is 0 Å². The molecule has 10 heteroatoms. The Morgan fingerprint density at radius 1 is 1.15 bits per heavy atom. The Labute approximate surface area is 159 Å². The van der Waals surface area contributed by atoms with Crippen LogP contribution in [0.5, 0.6) is 17.2 Å². The summed E-state index contributed by atoms with van der Waals surface area (Å²) in [6, 6.07) is 3.34. The van der Waals surface area contributed by atoms with Crippen LogP contribution in [0.25, 0.3) is 11.5 Å². The number of nitrogens with zero attached hydrogens (tertiary/aromatic N) is 4. The SMILES string of the molecule is COc1cc(-c2nnc(C(=O)CSc3nccn3C)o2)cc(OC)c1OC. The van der Waals surface area contributed by atoms with Crippen molar-refractivity contribution in [3.8, 4) is 28.7 Å². The topological polar surface area (TPSA) is 102 Å². The molecule has 0 bridgehead atoms. The minimum atomic E-state index is -0.283. The van der Waals surface area contributed by atoms with Crippen LogP contribution in [-0.4, -0.2) is 52.6 Å². The van der Waals surface area contributed by atoms with Crippen molar-refractivity contribution in [3.05, 3.63) is 30.4 Å². The minimum absolute atomic E-state index is 0.0690. The Morgan fingerprint density at radius 3 is 2.41 bits per heavy atom. The average Bonchev–Trinajstić information content (AvgIpc) is 3.34. The second-order valence-electron chi connectivity index (χ2n) is 5.36. The summed E-state index contributed by atoms with van der Waals surface area (Å²) in [5.41, 5.74) is 0.549. The van der Waals surface area contributed by atoms with Gasteiger partial charge in [0.2, 0.25) is 17.4 Å². The molecule has 0 aliphatic rings. The van der Waals surface area contributed by atoms with Gasteiger partial charge >= 0.3 is 0 Å². The van der Waals surface area contributed by atoms with E-state index in [1.165, 1.54) is 33.1 Å². The molecule has 1 aromatic carbocycles. The number of methoxy groups -OCH3 is 3. The third kappa shape index (κ3) is 3.90. The maximum Gasteiger partial charge on any atom is 0.285 e. The van der Waals surface area contributed by atoms with Gasteiger partial charge in [-0.2, -0.15) is 0 Å². The molecule has 142 valence electrons. The Balaban J connectivity index is 1.81. The molecule has 0 N–H and O–H groups in total. The van der Waals surface area contributed by atoms with Crippen molar-refractivity contribution in [1.82, 2.24) is 19.7 Å². The second kappa shape index (κ2) is 8.12. The summed E-state index contributed by atoms with van der Waals surface area (Å²) < 4.78 is 23.3.